The minimum atomic E-state index is 0. The number of hydrazone groups is 1. The number of aromatic nitrogens is 3. The Hall–Kier alpha value is -2.02. The van der Waals surface area contributed by atoms with E-state index in [1.54, 1.807) is 6.92 Å². The fourth-order valence-corrected chi connectivity index (χ4v) is 1.12. The van der Waals surface area contributed by atoms with E-state index in [2.05, 4.69) is 20.7 Å². The second-order valence-electron chi connectivity index (χ2n) is 3.26. The molecular weight excluding hydrogens is 244 g/mol. The van der Waals surface area contributed by atoms with Gasteiger partial charge in [-0.2, -0.15) is 5.10 Å². The van der Waals surface area contributed by atoms with Crippen LogP contribution in [0, 0.1) is 13.8 Å². The number of nitrogens with one attached hydrogen (secondary N) is 1. The summed E-state index contributed by atoms with van der Waals surface area (Å²) in [5.41, 5.74) is 2.67. The average Bonchev–Trinajstić information content (AvgIpc) is 2.79. The zero-order valence-corrected chi connectivity index (χ0v) is 10.2. The van der Waals surface area contributed by atoms with E-state index in [1.165, 1.54) is 10.9 Å². The smallest absolute Gasteiger partial charge is 0.263 e. The van der Waals surface area contributed by atoms with Crippen molar-refractivity contribution >= 4 is 24.6 Å². The first-order valence-electron chi connectivity index (χ1n) is 4.69. The molecule has 0 amide bonds. The van der Waals surface area contributed by atoms with Crippen molar-refractivity contribution < 1.29 is 4.42 Å². The maximum Gasteiger partial charge on any atom is 0.263 e. The van der Waals surface area contributed by atoms with Crippen LogP contribution in [0.25, 0.3) is 0 Å². The second kappa shape index (κ2) is 5.35. The number of nitrogens with zero attached hydrogens (tertiary/aromatic N) is 4. The maximum absolute atomic E-state index is 5.62. The highest BCUT2D eigenvalue weighted by Gasteiger charge is 2.02. The molecule has 0 bridgehead atoms. The molecule has 2 aromatic heterocycles. The summed E-state index contributed by atoms with van der Waals surface area (Å²) in [4.78, 5) is 0. The average molecular weight is 257 g/mol. The standard InChI is InChI=1S/C9H12N6O.ClH/c1-6-3-4-8(16-6)5-11-13-9-14-12-7(2)15(9)10;/h3-5H,10H2,1-2H3,(H,13,14);1H/b11-5+;. The van der Waals surface area contributed by atoms with Gasteiger partial charge in [-0.3, -0.25) is 0 Å². The Morgan fingerprint density at radius 1 is 1.41 bits per heavy atom. The van der Waals surface area contributed by atoms with Crippen molar-refractivity contribution in [3.8, 4) is 0 Å². The number of hydrogen-bond acceptors (Lipinski definition) is 6. The van der Waals surface area contributed by atoms with E-state index < -0.39 is 0 Å². The highest BCUT2D eigenvalue weighted by molar-refractivity contribution is 5.85. The van der Waals surface area contributed by atoms with E-state index in [1.807, 2.05) is 19.1 Å². The monoisotopic (exact) mass is 256 g/mol. The van der Waals surface area contributed by atoms with Crippen LogP contribution in [0.15, 0.2) is 21.7 Å². The summed E-state index contributed by atoms with van der Waals surface area (Å²) < 4.78 is 6.60. The van der Waals surface area contributed by atoms with Crippen molar-refractivity contribution in [2.45, 2.75) is 13.8 Å². The van der Waals surface area contributed by atoms with Gasteiger partial charge < -0.3 is 10.3 Å². The first-order chi connectivity index (χ1) is 7.66. The summed E-state index contributed by atoms with van der Waals surface area (Å²) in [5.74, 6) is 8.08. The van der Waals surface area contributed by atoms with Crippen molar-refractivity contribution in [2.24, 2.45) is 5.10 Å². The van der Waals surface area contributed by atoms with Crippen molar-refractivity contribution in [3.05, 3.63) is 29.5 Å². The van der Waals surface area contributed by atoms with Crippen LogP contribution in [0.4, 0.5) is 5.95 Å². The summed E-state index contributed by atoms with van der Waals surface area (Å²) >= 11 is 0. The Morgan fingerprint density at radius 2 is 2.18 bits per heavy atom. The minimum absolute atomic E-state index is 0. The van der Waals surface area contributed by atoms with Crippen LogP contribution >= 0.6 is 12.4 Å². The number of aryl methyl sites for hydroxylation is 2. The molecule has 0 saturated heterocycles. The highest BCUT2D eigenvalue weighted by Crippen LogP contribution is 2.04. The molecule has 0 aromatic carbocycles. The van der Waals surface area contributed by atoms with E-state index in [9.17, 15) is 0 Å². The number of furan rings is 1. The molecule has 0 spiro atoms. The Bertz CT molecular complexity index is 517. The third-order valence-electron chi connectivity index (χ3n) is 1.98. The molecule has 2 aromatic rings. The molecule has 2 heterocycles. The lowest BCUT2D eigenvalue weighted by molar-refractivity contribution is 0.528. The summed E-state index contributed by atoms with van der Waals surface area (Å²) in [6, 6.07) is 3.68. The Labute approximate surface area is 104 Å². The Balaban J connectivity index is 0.00000144. The molecule has 0 aliphatic heterocycles. The topological polar surface area (TPSA) is 94.3 Å². The number of rotatable bonds is 3. The van der Waals surface area contributed by atoms with E-state index >= 15 is 0 Å². The molecule has 7 nitrogen and oxygen atoms in total. The lowest BCUT2D eigenvalue weighted by Gasteiger charge is -1.98. The quantitative estimate of drug-likeness (QED) is 0.487. The van der Waals surface area contributed by atoms with Gasteiger partial charge in [-0.25, -0.2) is 10.1 Å². The molecule has 0 radical (unpaired) electrons. The van der Waals surface area contributed by atoms with Crippen molar-refractivity contribution in [2.75, 3.05) is 11.3 Å². The van der Waals surface area contributed by atoms with Gasteiger partial charge in [-0.05, 0) is 26.0 Å². The molecule has 2 rings (SSSR count). The summed E-state index contributed by atoms with van der Waals surface area (Å²) in [6.45, 7) is 3.61. The summed E-state index contributed by atoms with van der Waals surface area (Å²) in [7, 11) is 0. The summed E-state index contributed by atoms with van der Waals surface area (Å²) in [5, 5.41) is 11.5. The number of nitrogens with two attached hydrogens (primary N) is 1. The Kier molecular flexibility index (Phi) is 4.11. The number of hydrogen-bond donors (Lipinski definition) is 2. The first kappa shape index (κ1) is 13.0. The number of halogens is 1. The first-order valence-corrected chi connectivity index (χ1v) is 4.69. The van der Waals surface area contributed by atoms with E-state index in [4.69, 9.17) is 10.3 Å². The molecule has 0 fully saturated rings. The fraction of sp³-hybridized carbons (Fsp3) is 0.222. The van der Waals surface area contributed by atoms with E-state index in [0.717, 1.165) is 5.76 Å². The molecule has 0 atom stereocenters. The predicted octanol–water partition coefficient (Wildman–Crippen LogP) is 1.07. The second-order valence-corrected chi connectivity index (χ2v) is 3.26. The number of anilines is 1. The van der Waals surface area contributed by atoms with Crippen LogP contribution in [0.5, 0.6) is 0 Å². The molecule has 8 heteroatoms. The molecule has 3 N–H and O–H groups in total. The zero-order valence-electron chi connectivity index (χ0n) is 9.41. The molecule has 0 aliphatic carbocycles. The van der Waals surface area contributed by atoms with Crippen molar-refractivity contribution in [1.82, 2.24) is 14.9 Å². The summed E-state index contributed by atoms with van der Waals surface area (Å²) in [6.07, 6.45) is 1.54. The molecule has 0 aliphatic rings. The van der Waals surface area contributed by atoms with Crippen LogP contribution in [-0.4, -0.2) is 21.1 Å². The van der Waals surface area contributed by atoms with Gasteiger partial charge in [-0.15, -0.1) is 22.6 Å². The van der Waals surface area contributed by atoms with Gasteiger partial charge in [0.2, 0.25) is 0 Å². The van der Waals surface area contributed by atoms with Crippen molar-refractivity contribution in [1.29, 1.82) is 0 Å². The number of nitrogen functional groups attached to an aromatic ring is 1. The van der Waals surface area contributed by atoms with Gasteiger partial charge in [0.05, 0.1) is 6.21 Å². The van der Waals surface area contributed by atoms with Gasteiger partial charge in [0.15, 0.2) is 5.82 Å². The van der Waals surface area contributed by atoms with Crippen LogP contribution in [-0.2, 0) is 0 Å². The van der Waals surface area contributed by atoms with Gasteiger partial charge in [0, 0.05) is 0 Å². The zero-order chi connectivity index (χ0) is 11.5. The maximum atomic E-state index is 5.62. The van der Waals surface area contributed by atoms with Crippen LogP contribution in [0.2, 0.25) is 0 Å². The van der Waals surface area contributed by atoms with E-state index in [0.29, 0.717) is 17.5 Å². The Morgan fingerprint density at radius 3 is 2.71 bits per heavy atom. The van der Waals surface area contributed by atoms with Gasteiger partial charge in [0.1, 0.15) is 11.5 Å². The molecule has 92 valence electrons. The molecule has 0 unspecified atom stereocenters. The minimum Gasteiger partial charge on any atom is -0.460 e. The van der Waals surface area contributed by atoms with Gasteiger partial charge in [-0.1, -0.05) is 0 Å². The predicted molar refractivity (Wildman–Crippen MR) is 66.8 cm³/mol. The van der Waals surface area contributed by atoms with Crippen LogP contribution in [0.1, 0.15) is 17.3 Å². The fourth-order valence-electron chi connectivity index (χ4n) is 1.12. The normalized spacial score (nSPS) is 10.5. The highest BCUT2D eigenvalue weighted by atomic mass is 35.5. The molecular formula is C9H13ClN6O. The van der Waals surface area contributed by atoms with Gasteiger partial charge in [0.25, 0.3) is 5.95 Å². The lowest BCUT2D eigenvalue weighted by Crippen LogP contribution is -2.13. The SMILES string of the molecule is Cc1ccc(/C=N/Nc2nnc(C)n2N)o1.Cl. The van der Waals surface area contributed by atoms with Gasteiger partial charge >= 0.3 is 0 Å². The van der Waals surface area contributed by atoms with E-state index in [-0.39, 0.29) is 12.4 Å². The molecule has 0 saturated carbocycles. The third-order valence-corrected chi connectivity index (χ3v) is 1.98. The van der Waals surface area contributed by atoms with Crippen molar-refractivity contribution in [3.63, 3.8) is 0 Å². The lowest BCUT2D eigenvalue weighted by atomic mass is 10.4. The largest absolute Gasteiger partial charge is 0.460 e. The van der Waals surface area contributed by atoms with Crippen LogP contribution in [0.3, 0.4) is 0 Å². The molecule has 17 heavy (non-hydrogen) atoms. The van der Waals surface area contributed by atoms with Crippen LogP contribution < -0.4 is 11.3 Å². The third kappa shape index (κ3) is 2.97.